The van der Waals surface area contributed by atoms with E-state index in [9.17, 15) is 0 Å². The lowest BCUT2D eigenvalue weighted by Crippen LogP contribution is -2.01. The fraction of sp³-hybridized carbons (Fsp3) is 0.0435. The van der Waals surface area contributed by atoms with Crippen LogP contribution in [0.15, 0.2) is 79.0 Å². The topological polar surface area (TPSA) is 59.4 Å². The lowest BCUT2D eigenvalue weighted by molar-refractivity contribution is 1.03. The first-order chi connectivity index (χ1) is 14.2. The molecule has 5 nitrogen and oxygen atoms in total. The highest BCUT2D eigenvalue weighted by Gasteiger charge is 2.18. The molecule has 3 aromatic heterocycles. The Balaban J connectivity index is 1.82. The number of aromatic nitrogens is 5. The number of hydrogen-bond donors (Lipinski definition) is 1. The number of nitrogens with zero attached hydrogens (tertiary/aromatic N) is 4. The Hall–Kier alpha value is -3.64. The highest BCUT2D eigenvalue weighted by atomic mass is 32.1. The van der Waals surface area contributed by atoms with Gasteiger partial charge in [0.2, 0.25) is 0 Å². The molecule has 1 N–H and O–H groups in total. The van der Waals surface area contributed by atoms with Crippen LogP contribution in [0.1, 0.15) is 5.56 Å². The van der Waals surface area contributed by atoms with Crippen molar-refractivity contribution in [2.45, 2.75) is 6.92 Å². The summed E-state index contributed by atoms with van der Waals surface area (Å²) in [7, 11) is 0. The van der Waals surface area contributed by atoms with E-state index in [2.05, 4.69) is 40.3 Å². The fourth-order valence-corrected chi connectivity index (χ4v) is 3.64. The van der Waals surface area contributed by atoms with Crippen molar-refractivity contribution in [3.63, 3.8) is 0 Å². The Kier molecular flexibility index (Phi) is 4.26. The molecule has 140 valence electrons. The monoisotopic (exact) mass is 395 g/mol. The Labute approximate surface area is 172 Å². The summed E-state index contributed by atoms with van der Waals surface area (Å²) >= 11 is 5.56. The number of hydrogen-bond acceptors (Lipinski definition) is 4. The van der Waals surface area contributed by atoms with Crippen LogP contribution in [0.4, 0.5) is 0 Å². The Morgan fingerprint density at radius 3 is 2.52 bits per heavy atom. The first-order valence-corrected chi connectivity index (χ1v) is 9.67. The second kappa shape index (κ2) is 7.07. The number of nitrogens with one attached hydrogen (secondary N) is 1. The summed E-state index contributed by atoms with van der Waals surface area (Å²) in [6, 6.07) is 24.3. The first-order valence-electron chi connectivity index (χ1n) is 9.27. The van der Waals surface area contributed by atoms with Crippen LogP contribution in [0.5, 0.6) is 0 Å². The maximum Gasteiger partial charge on any atom is 0.200 e. The maximum absolute atomic E-state index is 5.56. The molecule has 0 spiro atoms. The summed E-state index contributed by atoms with van der Waals surface area (Å²) < 4.78 is 2.48. The minimum atomic E-state index is 0.536. The zero-order chi connectivity index (χ0) is 19.8. The third kappa shape index (κ3) is 3.13. The first kappa shape index (κ1) is 17.5. The average Bonchev–Trinajstić information content (AvgIpc) is 3.15. The van der Waals surface area contributed by atoms with Crippen molar-refractivity contribution in [2.24, 2.45) is 0 Å². The molecule has 0 saturated heterocycles. The molecule has 0 atom stereocenters. The SMILES string of the molecule is Cc1ccc(-n2c(-c3cc4cccnc4nc3-c3ccccc3)n[nH]c2=S)cc1. The summed E-state index contributed by atoms with van der Waals surface area (Å²) in [6.07, 6.45) is 1.76. The zero-order valence-electron chi connectivity index (χ0n) is 15.7. The van der Waals surface area contributed by atoms with Gasteiger partial charge in [0, 0.05) is 28.4 Å². The van der Waals surface area contributed by atoms with E-state index in [1.54, 1.807) is 6.20 Å². The van der Waals surface area contributed by atoms with Crippen LogP contribution in [0.2, 0.25) is 0 Å². The van der Waals surface area contributed by atoms with Gasteiger partial charge in [0.15, 0.2) is 16.2 Å². The van der Waals surface area contributed by atoms with E-state index in [1.807, 2.05) is 59.2 Å². The molecule has 5 rings (SSSR count). The molecule has 0 bridgehead atoms. The quantitative estimate of drug-likeness (QED) is 0.409. The van der Waals surface area contributed by atoms with Gasteiger partial charge >= 0.3 is 0 Å². The third-order valence-electron chi connectivity index (χ3n) is 4.84. The molecular weight excluding hydrogens is 378 g/mol. The number of benzene rings is 2. The van der Waals surface area contributed by atoms with E-state index in [0.717, 1.165) is 33.7 Å². The maximum atomic E-state index is 5.56. The molecule has 0 amide bonds. The Morgan fingerprint density at radius 2 is 1.72 bits per heavy atom. The Bertz CT molecular complexity index is 1370. The number of H-pyrrole nitrogens is 1. The van der Waals surface area contributed by atoms with Gasteiger partial charge in [0.25, 0.3) is 0 Å². The van der Waals surface area contributed by atoms with Gasteiger partial charge in [-0.25, -0.2) is 9.97 Å². The molecule has 0 aliphatic rings. The highest BCUT2D eigenvalue weighted by Crippen LogP contribution is 2.33. The van der Waals surface area contributed by atoms with Gasteiger partial charge in [0.1, 0.15) is 0 Å². The van der Waals surface area contributed by atoms with E-state index >= 15 is 0 Å². The molecule has 6 heteroatoms. The van der Waals surface area contributed by atoms with Crippen molar-refractivity contribution in [1.29, 1.82) is 0 Å². The molecule has 5 aromatic rings. The smallest absolute Gasteiger partial charge is 0.200 e. The molecule has 0 fully saturated rings. The molecular formula is C23H17N5S. The summed E-state index contributed by atoms with van der Waals surface area (Å²) in [6.45, 7) is 2.06. The van der Waals surface area contributed by atoms with Gasteiger partial charge in [-0.1, -0.05) is 48.0 Å². The van der Waals surface area contributed by atoms with Gasteiger partial charge in [-0.05, 0) is 49.5 Å². The number of aromatic amines is 1. The van der Waals surface area contributed by atoms with Crippen molar-refractivity contribution in [2.75, 3.05) is 0 Å². The van der Waals surface area contributed by atoms with E-state index in [-0.39, 0.29) is 0 Å². The van der Waals surface area contributed by atoms with Crippen molar-refractivity contribution < 1.29 is 0 Å². The lowest BCUT2D eigenvalue weighted by Gasteiger charge is -2.12. The second-order valence-corrected chi connectivity index (χ2v) is 7.21. The van der Waals surface area contributed by atoms with E-state index in [4.69, 9.17) is 17.2 Å². The van der Waals surface area contributed by atoms with Crippen LogP contribution in [-0.4, -0.2) is 24.7 Å². The van der Waals surface area contributed by atoms with Crippen molar-refractivity contribution in [3.05, 3.63) is 89.3 Å². The number of rotatable bonds is 3. The average molecular weight is 395 g/mol. The minimum absolute atomic E-state index is 0.536. The third-order valence-corrected chi connectivity index (χ3v) is 5.12. The van der Waals surface area contributed by atoms with E-state index in [0.29, 0.717) is 10.4 Å². The standard InChI is InChI=1S/C23H17N5S/c1-15-9-11-18(12-10-15)28-22(26-27-23(28)29)19-14-17-8-5-13-24-21(17)25-20(19)16-6-3-2-4-7-16/h2-14H,1H3,(H,27,29). The van der Waals surface area contributed by atoms with E-state index < -0.39 is 0 Å². The lowest BCUT2D eigenvalue weighted by atomic mass is 10.0. The van der Waals surface area contributed by atoms with Crippen LogP contribution in [-0.2, 0) is 0 Å². The Morgan fingerprint density at radius 1 is 0.931 bits per heavy atom. The predicted octanol–water partition coefficient (Wildman–Crippen LogP) is 5.52. The second-order valence-electron chi connectivity index (χ2n) is 6.82. The van der Waals surface area contributed by atoms with Gasteiger partial charge in [-0.15, -0.1) is 0 Å². The molecule has 0 saturated carbocycles. The predicted molar refractivity (Wildman–Crippen MR) is 117 cm³/mol. The van der Waals surface area contributed by atoms with Crippen molar-refractivity contribution in [1.82, 2.24) is 24.7 Å². The van der Waals surface area contributed by atoms with Gasteiger partial charge in [0.05, 0.1) is 5.69 Å². The van der Waals surface area contributed by atoms with Crippen molar-refractivity contribution in [3.8, 4) is 28.3 Å². The molecule has 3 heterocycles. The van der Waals surface area contributed by atoms with Crippen LogP contribution in [0.3, 0.4) is 0 Å². The number of fused-ring (bicyclic) bond motifs is 1. The number of pyridine rings is 2. The summed E-state index contributed by atoms with van der Waals surface area (Å²) in [5.74, 6) is 0.718. The fourth-order valence-electron chi connectivity index (χ4n) is 3.40. The zero-order valence-corrected chi connectivity index (χ0v) is 16.5. The highest BCUT2D eigenvalue weighted by molar-refractivity contribution is 7.71. The largest absolute Gasteiger partial charge is 0.268 e. The van der Waals surface area contributed by atoms with Crippen LogP contribution >= 0.6 is 12.2 Å². The van der Waals surface area contributed by atoms with Crippen LogP contribution in [0, 0.1) is 11.7 Å². The molecule has 0 aliphatic carbocycles. The van der Waals surface area contributed by atoms with Gasteiger partial charge < -0.3 is 0 Å². The van der Waals surface area contributed by atoms with Crippen molar-refractivity contribution >= 4 is 23.3 Å². The molecule has 0 unspecified atom stereocenters. The molecule has 2 aromatic carbocycles. The summed E-state index contributed by atoms with van der Waals surface area (Å²) in [5, 5.41) is 8.46. The van der Waals surface area contributed by atoms with Crippen LogP contribution in [0.25, 0.3) is 39.4 Å². The normalized spacial score (nSPS) is 11.1. The summed E-state index contributed by atoms with van der Waals surface area (Å²) in [4.78, 5) is 9.30. The van der Waals surface area contributed by atoms with Gasteiger partial charge in [-0.2, -0.15) is 5.10 Å². The van der Waals surface area contributed by atoms with E-state index in [1.165, 1.54) is 5.56 Å². The van der Waals surface area contributed by atoms with Gasteiger partial charge in [-0.3, -0.25) is 9.67 Å². The summed E-state index contributed by atoms with van der Waals surface area (Å²) in [5.41, 5.74) is 5.55. The van der Waals surface area contributed by atoms with Crippen LogP contribution < -0.4 is 0 Å². The number of aryl methyl sites for hydroxylation is 1. The molecule has 0 aliphatic heterocycles. The minimum Gasteiger partial charge on any atom is -0.268 e. The molecule has 0 radical (unpaired) electrons. The molecule has 29 heavy (non-hydrogen) atoms.